The maximum atomic E-state index is 12.8. The molecule has 10 heteroatoms. The predicted octanol–water partition coefficient (Wildman–Crippen LogP) is 2.99. The number of halogens is 1. The summed E-state index contributed by atoms with van der Waals surface area (Å²) in [6.07, 6.45) is 1.19. The molecule has 0 radical (unpaired) electrons. The van der Waals surface area contributed by atoms with E-state index in [0.29, 0.717) is 22.2 Å². The van der Waals surface area contributed by atoms with Crippen LogP contribution in [0.1, 0.15) is 24.9 Å². The summed E-state index contributed by atoms with van der Waals surface area (Å²) in [6.45, 7) is 1.98. The first-order chi connectivity index (χ1) is 15.0. The third kappa shape index (κ3) is 4.99. The van der Waals surface area contributed by atoms with Gasteiger partial charge < -0.3 is 19.7 Å². The molecule has 2 aromatic rings. The van der Waals surface area contributed by atoms with E-state index in [1.807, 2.05) is 0 Å². The first-order valence-electron chi connectivity index (χ1n) is 9.87. The molecular weight excluding hydrogens is 456 g/mol. The van der Waals surface area contributed by atoms with Gasteiger partial charge in [0.25, 0.3) is 0 Å². The van der Waals surface area contributed by atoms with Gasteiger partial charge in [-0.25, -0.2) is 8.42 Å². The second kappa shape index (κ2) is 9.38. The maximum absolute atomic E-state index is 12.8. The van der Waals surface area contributed by atoms with E-state index in [0.717, 1.165) is 11.8 Å². The summed E-state index contributed by atoms with van der Waals surface area (Å²) in [6, 6.07) is 9.17. The maximum Gasteiger partial charge on any atom is 0.227 e. The molecule has 32 heavy (non-hydrogen) atoms. The number of hydrogen-bond acceptors (Lipinski definition) is 6. The monoisotopic (exact) mass is 480 g/mol. The quantitative estimate of drug-likeness (QED) is 0.653. The molecule has 0 aromatic heterocycles. The van der Waals surface area contributed by atoms with Gasteiger partial charge >= 0.3 is 0 Å². The lowest BCUT2D eigenvalue weighted by Crippen LogP contribution is -2.34. The minimum Gasteiger partial charge on any atom is -0.495 e. The molecule has 0 spiro atoms. The number of sulfone groups is 1. The minimum atomic E-state index is -3.29. The Balaban J connectivity index is 1.72. The highest BCUT2D eigenvalue weighted by Gasteiger charge is 2.37. The van der Waals surface area contributed by atoms with Crippen molar-refractivity contribution in [2.75, 3.05) is 31.9 Å². The minimum absolute atomic E-state index is 0.0539. The first kappa shape index (κ1) is 23.9. The smallest absolute Gasteiger partial charge is 0.227 e. The second-order valence-corrected chi connectivity index (χ2v) is 10.1. The molecule has 1 aliphatic heterocycles. The zero-order valence-electron chi connectivity index (χ0n) is 18.2. The van der Waals surface area contributed by atoms with Crippen molar-refractivity contribution >= 4 is 38.9 Å². The van der Waals surface area contributed by atoms with Crippen LogP contribution in [0.25, 0.3) is 0 Å². The van der Waals surface area contributed by atoms with E-state index in [1.165, 1.54) is 31.3 Å². The number of carbonyl (C=O) groups excluding carboxylic acids is 2. The summed E-state index contributed by atoms with van der Waals surface area (Å²) < 4.78 is 33.8. The van der Waals surface area contributed by atoms with E-state index in [1.54, 1.807) is 31.2 Å². The molecule has 0 aliphatic carbocycles. The van der Waals surface area contributed by atoms with Crippen LogP contribution in [0.15, 0.2) is 41.3 Å². The Morgan fingerprint density at radius 1 is 1.16 bits per heavy atom. The molecule has 1 fully saturated rings. The Bertz CT molecular complexity index is 1130. The summed E-state index contributed by atoms with van der Waals surface area (Å²) in [5.74, 6) is -0.191. The molecule has 2 aromatic carbocycles. The van der Waals surface area contributed by atoms with Gasteiger partial charge in [0.2, 0.25) is 11.8 Å². The number of nitrogens with zero attached hydrogens (tertiary/aromatic N) is 1. The van der Waals surface area contributed by atoms with Gasteiger partial charge in [0, 0.05) is 25.3 Å². The zero-order chi connectivity index (χ0) is 23.6. The van der Waals surface area contributed by atoms with Crippen LogP contribution in [0.2, 0.25) is 5.02 Å². The Hall–Kier alpha value is -2.78. The molecule has 172 valence electrons. The van der Waals surface area contributed by atoms with Gasteiger partial charge in [-0.2, -0.15) is 0 Å². The highest BCUT2D eigenvalue weighted by Crippen LogP contribution is 2.40. The van der Waals surface area contributed by atoms with Crippen LogP contribution in [0, 0.1) is 5.92 Å². The van der Waals surface area contributed by atoms with Gasteiger partial charge in [0.15, 0.2) is 9.84 Å². The van der Waals surface area contributed by atoms with Gasteiger partial charge in [-0.05, 0) is 30.7 Å². The van der Waals surface area contributed by atoms with Crippen LogP contribution in [0.5, 0.6) is 11.5 Å². The molecule has 1 aliphatic rings. The van der Waals surface area contributed by atoms with Crippen molar-refractivity contribution < 1.29 is 27.5 Å². The summed E-state index contributed by atoms with van der Waals surface area (Å²) in [5, 5.41) is 3.23. The van der Waals surface area contributed by atoms with Crippen molar-refractivity contribution in [3.63, 3.8) is 0 Å². The largest absolute Gasteiger partial charge is 0.495 e. The number of benzene rings is 2. The van der Waals surface area contributed by atoms with E-state index in [4.69, 9.17) is 21.1 Å². The fraction of sp³-hybridized carbons (Fsp3) is 0.364. The van der Waals surface area contributed by atoms with E-state index < -0.39 is 15.8 Å². The third-order valence-corrected chi connectivity index (χ3v) is 6.83. The number of methoxy groups -OCH3 is 2. The van der Waals surface area contributed by atoms with E-state index >= 15 is 0 Å². The van der Waals surface area contributed by atoms with Crippen LogP contribution in [0.3, 0.4) is 0 Å². The van der Waals surface area contributed by atoms with Crippen LogP contribution < -0.4 is 19.7 Å². The number of anilines is 1. The lowest BCUT2D eigenvalue weighted by atomic mass is 10.1. The van der Waals surface area contributed by atoms with Crippen LogP contribution in [0.4, 0.5) is 5.69 Å². The number of amides is 2. The molecule has 0 saturated carbocycles. The fourth-order valence-electron chi connectivity index (χ4n) is 3.59. The standard InChI is InChI=1S/C22H25ClN2O6S/c1-13(14-5-7-16(8-6-14)32(4,28)29)24-22(27)15-9-21(26)25(12-15)18-10-17(23)19(30-2)11-20(18)31-3/h5-8,10-11,13,15H,9,12H2,1-4H3,(H,24,27)/t13-,15-/m1/s1. The molecule has 0 unspecified atom stereocenters. The predicted molar refractivity (Wildman–Crippen MR) is 121 cm³/mol. The Labute approximate surface area is 192 Å². The fourth-order valence-corrected chi connectivity index (χ4v) is 4.45. The molecule has 2 amide bonds. The van der Waals surface area contributed by atoms with Crippen molar-refractivity contribution in [3.05, 3.63) is 47.0 Å². The zero-order valence-corrected chi connectivity index (χ0v) is 19.8. The van der Waals surface area contributed by atoms with Crippen molar-refractivity contribution in [3.8, 4) is 11.5 Å². The summed E-state index contributed by atoms with van der Waals surface area (Å²) in [5.41, 5.74) is 1.23. The summed E-state index contributed by atoms with van der Waals surface area (Å²) >= 11 is 6.22. The average Bonchev–Trinajstić information content (AvgIpc) is 3.14. The number of rotatable bonds is 7. The first-order valence-corrected chi connectivity index (χ1v) is 12.1. The molecule has 1 saturated heterocycles. The Morgan fingerprint density at radius 3 is 2.34 bits per heavy atom. The number of carbonyl (C=O) groups is 2. The molecule has 3 rings (SSSR count). The normalized spacial score (nSPS) is 17.2. The van der Waals surface area contributed by atoms with Crippen molar-refractivity contribution in [1.82, 2.24) is 5.32 Å². The number of nitrogens with one attached hydrogen (secondary N) is 1. The molecular formula is C22H25ClN2O6S. The van der Waals surface area contributed by atoms with Crippen molar-refractivity contribution in [1.29, 1.82) is 0 Å². The van der Waals surface area contributed by atoms with Gasteiger partial charge in [-0.3, -0.25) is 9.59 Å². The van der Waals surface area contributed by atoms with E-state index in [9.17, 15) is 18.0 Å². The Morgan fingerprint density at radius 2 is 1.78 bits per heavy atom. The van der Waals surface area contributed by atoms with Crippen molar-refractivity contribution in [2.45, 2.75) is 24.3 Å². The average molecular weight is 481 g/mol. The van der Waals surface area contributed by atoms with E-state index in [2.05, 4.69) is 5.32 Å². The molecule has 1 heterocycles. The van der Waals surface area contributed by atoms with Crippen LogP contribution >= 0.6 is 11.6 Å². The third-order valence-electron chi connectivity index (χ3n) is 5.41. The number of ether oxygens (including phenoxy) is 2. The highest BCUT2D eigenvalue weighted by atomic mass is 35.5. The van der Waals surface area contributed by atoms with Gasteiger partial charge in [-0.1, -0.05) is 23.7 Å². The van der Waals surface area contributed by atoms with Gasteiger partial charge in [0.05, 0.1) is 41.8 Å². The summed E-state index contributed by atoms with van der Waals surface area (Å²) in [4.78, 5) is 27.2. The molecule has 8 nitrogen and oxygen atoms in total. The lowest BCUT2D eigenvalue weighted by molar-refractivity contribution is -0.126. The lowest BCUT2D eigenvalue weighted by Gasteiger charge is -2.21. The van der Waals surface area contributed by atoms with Crippen LogP contribution in [-0.2, 0) is 19.4 Å². The van der Waals surface area contributed by atoms with Gasteiger partial charge in [-0.15, -0.1) is 0 Å². The number of hydrogen-bond donors (Lipinski definition) is 1. The SMILES string of the molecule is COc1cc(OC)c(N2C[C@H](C(=O)N[C@H](C)c3ccc(S(C)(=O)=O)cc3)CC2=O)cc1Cl. The Kier molecular flexibility index (Phi) is 7.00. The topological polar surface area (TPSA) is 102 Å². The van der Waals surface area contributed by atoms with Crippen molar-refractivity contribution in [2.24, 2.45) is 5.92 Å². The molecule has 1 N–H and O–H groups in total. The second-order valence-electron chi connectivity index (χ2n) is 7.64. The summed E-state index contributed by atoms with van der Waals surface area (Å²) in [7, 11) is -0.328. The highest BCUT2D eigenvalue weighted by molar-refractivity contribution is 7.90. The molecule has 0 bridgehead atoms. The van der Waals surface area contributed by atoms with Crippen LogP contribution in [-0.4, -0.2) is 47.3 Å². The molecule has 2 atom stereocenters. The van der Waals surface area contributed by atoms with Gasteiger partial charge in [0.1, 0.15) is 11.5 Å². The van der Waals surface area contributed by atoms with E-state index in [-0.39, 0.29) is 35.7 Å².